The Labute approximate surface area is 119 Å². The second-order valence-corrected chi connectivity index (χ2v) is 4.13. The predicted octanol–water partition coefficient (Wildman–Crippen LogP) is 2.99. The fourth-order valence-electron chi connectivity index (χ4n) is 1.86. The standard InChI is InChI=1S/C14H15F3O4/c1-3-21-13(19)10-6-4-5-9(7-8-11(18)20-2)12(10)14(15,16)17/h4-6H,3,7-8H2,1-2H3. The SMILES string of the molecule is CCOC(=O)c1cccc(CCC(=O)OC)c1C(F)(F)F. The number of carbonyl (C=O) groups is 2. The topological polar surface area (TPSA) is 52.6 Å². The van der Waals surface area contributed by atoms with Gasteiger partial charge < -0.3 is 9.47 Å². The van der Waals surface area contributed by atoms with E-state index in [0.717, 1.165) is 13.2 Å². The van der Waals surface area contributed by atoms with Crippen LogP contribution in [-0.2, 0) is 26.9 Å². The van der Waals surface area contributed by atoms with Crippen LogP contribution in [0.25, 0.3) is 0 Å². The Morgan fingerprint density at radius 1 is 1.24 bits per heavy atom. The van der Waals surface area contributed by atoms with E-state index >= 15 is 0 Å². The first-order valence-corrected chi connectivity index (χ1v) is 6.24. The van der Waals surface area contributed by atoms with E-state index in [-0.39, 0.29) is 25.0 Å². The van der Waals surface area contributed by atoms with Gasteiger partial charge in [0.1, 0.15) is 0 Å². The van der Waals surface area contributed by atoms with Crippen molar-refractivity contribution < 1.29 is 32.2 Å². The largest absolute Gasteiger partial charge is 0.469 e. The lowest BCUT2D eigenvalue weighted by Crippen LogP contribution is -2.18. The molecule has 0 aliphatic rings. The summed E-state index contributed by atoms with van der Waals surface area (Å²) in [5.74, 6) is -1.66. The lowest BCUT2D eigenvalue weighted by atomic mass is 9.97. The highest BCUT2D eigenvalue weighted by Crippen LogP contribution is 2.35. The van der Waals surface area contributed by atoms with Gasteiger partial charge in [0.2, 0.25) is 0 Å². The summed E-state index contributed by atoms with van der Waals surface area (Å²) in [6, 6.07) is 3.62. The zero-order valence-corrected chi connectivity index (χ0v) is 11.6. The minimum Gasteiger partial charge on any atom is -0.469 e. The van der Waals surface area contributed by atoms with Crippen LogP contribution in [0.15, 0.2) is 18.2 Å². The molecule has 0 aliphatic heterocycles. The zero-order valence-electron chi connectivity index (χ0n) is 11.6. The van der Waals surface area contributed by atoms with Crippen molar-refractivity contribution in [3.63, 3.8) is 0 Å². The molecule has 0 N–H and O–H groups in total. The average Bonchev–Trinajstić information content (AvgIpc) is 2.43. The van der Waals surface area contributed by atoms with Gasteiger partial charge in [0.15, 0.2) is 0 Å². The molecular formula is C14H15F3O4. The highest BCUT2D eigenvalue weighted by Gasteiger charge is 2.38. The molecule has 0 unspecified atom stereocenters. The third-order valence-electron chi connectivity index (χ3n) is 2.76. The molecule has 1 aromatic rings. The minimum atomic E-state index is -4.71. The summed E-state index contributed by atoms with van der Waals surface area (Å²) < 4.78 is 48.6. The van der Waals surface area contributed by atoms with Crippen molar-refractivity contribution in [2.24, 2.45) is 0 Å². The first-order chi connectivity index (χ1) is 9.81. The monoisotopic (exact) mass is 304 g/mol. The summed E-state index contributed by atoms with van der Waals surface area (Å²) in [7, 11) is 1.15. The summed E-state index contributed by atoms with van der Waals surface area (Å²) in [4.78, 5) is 22.7. The van der Waals surface area contributed by atoms with Gasteiger partial charge in [-0.05, 0) is 25.0 Å². The summed E-state index contributed by atoms with van der Waals surface area (Å²) in [5, 5.41) is 0. The first-order valence-electron chi connectivity index (χ1n) is 6.24. The van der Waals surface area contributed by atoms with E-state index in [1.165, 1.54) is 19.1 Å². The van der Waals surface area contributed by atoms with E-state index in [9.17, 15) is 22.8 Å². The normalized spacial score (nSPS) is 11.1. The number of benzene rings is 1. The average molecular weight is 304 g/mol. The fourth-order valence-corrected chi connectivity index (χ4v) is 1.86. The zero-order chi connectivity index (χ0) is 16.0. The Balaban J connectivity index is 3.21. The molecule has 0 radical (unpaired) electrons. The number of halogens is 3. The van der Waals surface area contributed by atoms with Crippen LogP contribution in [0.3, 0.4) is 0 Å². The third kappa shape index (κ3) is 4.47. The second-order valence-electron chi connectivity index (χ2n) is 4.13. The lowest BCUT2D eigenvalue weighted by Gasteiger charge is -2.16. The maximum absolute atomic E-state index is 13.2. The number of esters is 2. The molecule has 0 heterocycles. The van der Waals surface area contributed by atoms with Crippen molar-refractivity contribution in [3.8, 4) is 0 Å². The molecule has 21 heavy (non-hydrogen) atoms. The van der Waals surface area contributed by atoms with Crippen LogP contribution in [0.1, 0.15) is 34.8 Å². The van der Waals surface area contributed by atoms with E-state index in [1.54, 1.807) is 0 Å². The van der Waals surface area contributed by atoms with E-state index in [4.69, 9.17) is 0 Å². The van der Waals surface area contributed by atoms with Crippen LogP contribution in [0.5, 0.6) is 0 Å². The molecule has 0 aliphatic carbocycles. The van der Waals surface area contributed by atoms with Gasteiger partial charge in [0, 0.05) is 6.42 Å². The number of hydrogen-bond acceptors (Lipinski definition) is 4. The fraction of sp³-hybridized carbons (Fsp3) is 0.429. The van der Waals surface area contributed by atoms with Gasteiger partial charge in [-0.15, -0.1) is 0 Å². The van der Waals surface area contributed by atoms with Gasteiger partial charge in [0.25, 0.3) is 0 Å². The quantitative estimate of drug-likeness (QED) is 0.785. The molecule has 0 amide bonds. The van der Waals surface area contributed by atoms with Crippen molar-refractivity contribution in [1.82, 2.24) is 0 Å². The van der Waals surface area contributed by atoms with Crippen molar-refractivity contribution in [2.45, 2.75) is 25.9 Å². The number of rotatable bonds is 5. The van der Waals surface area contributed by atoms with Crippen LogP contribution in [0.2, 0.25) is 0 Å². The highest BCUT2D eigenvalue weighted by atomic mass is 19.4. The number of methoxy groups -OCH3 is 1. The summed E-state index contributed by atoms with van der Waals surface area (Å²) in [5.41, 5.74) is -1.75. The van der Waals surface area contributed by atoms with Crippen LogP contribution in [0.4, 0.5) is 13.2 Å². The molecule has 1 rings (SSSR count). The molecule has 1 aromatic carbocycles. The second kappa shape index (κ2) is 7.10. The lowest BCUT2D eigenvalue weighted by molar-refractivity contribution is -0.142. The van der Waals surface area contributed by atoms with Gasteiger partial charge in [-0.2, -0.15) is 13.2 Å². The predicted molar refractivity (Wildman–Crippen MR) is 67.7 cm³/mol. The Morgan fingerprint density at radius 3 is 2.43 bits per heavy atom. The summed E-state index contributed by atoms with van der Waals surface area (Å²) in [6.45, 7) is 1.48. The van der Waals surface area contributed by atoms with E-state index in [2.05, 4.69) is 9.47 Å². The molecule has 4 nitrogen and oxygen atoms in total. The molecule has 7 heteroatoms. The smallest absolute Gasteiger partial charge is 0.417 e. The molecule has 0 fully saturated rings. The highest BCUT2D eigenvalue weighted by molar-refractivity contribution is 5.91. The molecule has 0 bridgehead atoms. The summed E-state index contributed by atoms with van der Waals surface area (Å²) >= 11 is 0. The minimum absolute atomic E-state index is 0.0253. The number of ether oxygens (including phenoxy) is 2. The molecular weight excluding hydrogens is 289 g/mol. The number of alkyl halides is 3. The van der Waals surface area contributed by atoms with Crippen LogP contribution in [-0.4, -0.2) is 25.7 Å². The van der Waals surface area contributed by atoms with Gasteiger partial charge in [-0.1, -0.05) is 12.1 Å². The number of hydrogen-bond donors (Lipinski definition) is 0. The Bertz CT molecular complexity index is 523. The van der Waals surface area contributed by atoms with Crippen molar-refractivity contribution in [1.29, 1.82) is 0 Å². The number of aryl methyl sites for hydroxylation is 1. The van der Waals surface area contributed by atoms with Crippen molar-refractivity contribution >= 4 is 11.9 Å². The van der Waals surface area contributed by atoms with E-state index < -0.39 is 29.2 Å². The van der Waals surface area contributed by atoms with Crippen LogP contribution < -0.4 is 0 Å². The van der Waals surface area contributed by atoms with Gasteiger partial charge in [-0.25, -0.2) is 4.79 Å². The molecule has 116 valence electrons. The Hall–Kier alpha value is -2.05. The maximum atomic E-state index is 13.2. The third-order valence-corrected chi connectivity index (χ3v) is 2.76. The first kappa shape index (κ1) is 17.0. The van der Waals surface area contributed by atoms with Crippen molar-refractivity contribution in [3.05, 3.63) is 34.9 Å². The Morgan fingerprint density at radius 2 is 1.90 bits per heavy atom. The van der Waals surface area contributed by atoms with Gasteiger partial charge in [-0.3, -0.25) is 4.79 Å². The maximum Gasteiger partial charge on any atom is 0.417 e. The van der Waals surface area contributed by atoms with E-state index in [1.807, 2.05) is 0 Å². The molecule has 0 spiro atoms. The van der Waals surface area contributed by atoms with Gasteiger partial charge in [0.05, 0.1) is 24.8 Å². The van der Waals surface area contributed by atoms with Crippen molar-refractivity contribution in [2.75, 3.05) is 13.7 Å². The van der Waals surface area contributed by atoms with Crippen LogP contribution >= 0.6 is 0 Å². The van der Waals surface area contributed by atoms with E-state index in [0.29, 0.717) is 0 Å². The molecule has 0 atom stereocenters. The molecule has 0 saturated heterocycles. The molecule has 0 saturated carbocycles. The Kier molecular flexibility index (Phi) is 5.75. The van der Waals surface area contributed by atoms with Gasteiger partial charge >= 0.3 is 18.1 Å². The molecule has 0 aromatic heterocycles. The summed E-state index contributed by atoms with van der Waals surface area (Å²) in [6.07, 6.45) is -5.09. The van der Waals surface area contributed by atoms with Crippen LogP contribution in [0, 0.1) is 0 Å². The number of carbonyl (C=O) groups excluding carboxylic acids is 2.